The summed E-state index contributed by atoms with van der Waals surface area (Å²) < 4.78 is 40.8. The second kappa shape index (κ2) is 5.83. The predicted molar refractivity (Wildman–Crippen MR) is 80.7 cm³/mol. The summed E-state index contributed by atoms with van der Waals surface area (Å²) >= 11 is 0. The van der Waals surface area contributed by atoms with E-state index >= 15 is 0 Å². The number of nitrogen functional groups attached to an aromatic ring is 1. The van der Waals surface area contributed by atoms with Crippen LogP contribution in [0, 0.1) is 12.7 Å². The lowest BCUT2D eigenvalue weighted by Crippen LogP contribution is -2.28. The number of sulfonamides is 1. The molecule has 1 atom stereocenters. The fourth-order valence-electron chi connectivity index (χ4n) is 2.16. The van der Waals surface area contributed by atoms with Crippen LogP contribution in [0.15, 0.2) is 47.4 Å². The van der Waals surface area contributed by atoms with Crippen LogP contribution in [-0.2, 0) is 10.0 Å². The Balaban J connectivity index is 2.34. The van der Waals surface area contributed by atoms with E-state index in [9.17, 15) is 12.8 Å². The lowest BCUT2D eigenvalue weighted by Gasteiger charge is -2.17. The third-order valence-corrected chi connectivity index (χ3v) is 4.79. The van der Waals surface area contributed by atoms with Gasteiger partial charge in [0.05, 0.1) is 0 Å². The van der Waals surface area contributed by atoms with E-state index in [2.05, 4.69) is 4.72 Å². The minimum atomic E-state index is -3.98. The molecule has 2 aromatic rings. The van der Waals surface area contributed by atoms with Gasteiger partial charge in [0.15, 0.2) is 0 Å². The maximum absolute atomic E-state index is 13.7. The second-order valence-corrected chi connectivity index (χ2v) is 6.57. The van der Waals surface area contributed by atoms with Gasteiger partial charge in [0, 0.05) is 11.7 Å². The van der Waals surface area contributed by atoms with Crippen LogP contribution in [-0.4, -0.2) is 8.42 Å². The van der Waals surface area contributed by atoms with Gasteiger partial charge < -0.3 is 5.73 Å². The Morgan fingerprint density at radius 1 is 1.19 bits per heavy atom. The van der Waals surface area contributed by atoms with E-state index in [1.807, 2.05) is 31.2 Å². The number of rotatable bonds is 4. The number of halogens is 1. The SMILES string of the molecule is Cc1ccccc1C(C)NS(=O)(=O)c1cc(N)ccc1F. The molecule has 2 rings (SSSR count). The molecule has 0 amide bonds. The first-order valence-electron chi connectivity index (χ1n) is 6.44. The topological polar surface area (TPSA) is 72.2 Å². The smallest absolute Gasteiger partial charge is 0.244 e. The van der Waals surface area contributed by atoms with E-state index < -0.39 is 26.8 Å². The van der Waals surface area contributed by atoms with Crippen LogP contribution < -0.4 is 10.5 Å². The molecule has 21 heavy (non-hydrogen) atoms. The number of nitrogens with two attached hydrogens (primary N) is 1. The summed E-state index contributed by atoms with van der Waals surface area (Å²) in [6, 6.07) is 10.4. The molecule has 0 aliphatic heterocycles. The van der Waals surface area contributed by atoms with Gasteiger partial charge in [-0.1, -0.05) is 24.3 Å². The maximum Gasteiger partial charge on any atom is 0.244 e. The van der Waals surface area contributed by atoms with Crippen LogP contribution in [0.1, 0.15) is 24.1 Å². The Labute approximate surface area is 123 Å². The quantitative estimate of drug-likeness (QED) is 0.853. The number of benzene rings is 2. The molecule has 0 bridgehead atoms. The van der Waals surface area contributed by atoms with Crippen molar-refractivity contribution in [2.24, 2.45) is 0 Å². The molecule has 3 N–H and O–H groups in total. The average molecular weight is 308 g/mol. The van der Waals surface area contributed by atoms with Gasteiger partial charge >= 0.3 is 0 Å². The van der Waals surface area contributed by atoms with Crippen LogP contribution in [0.5, 0.6) is 0 Å². The summed E-state index contributed by atoms with van der Waals surface area (Å²) in [5.41, 5.74) is 7.52. The molecule has 0 fully saturated rings. The largest absolute Gasteiger partial charge is 0.399 e. The molecule has 6 heteroatoms. The highest BCUT2D eigenvalue weighted by Crippen LogP contribution is 2.22. The van der Waals surface area contributed by atoms with Crippen LogP contribution in [0.25, 0.3) is 0 Å². The number of hydrogen-bond donors (Lipinski definition) is 2. The zero-order valence-corrected chi connectivity index (χ0v) is 12.6. The van der Waals surface area contributed by atoms with Crippen molar-refractivity contribution in [2.75, 3.05) is 5.73 Å². The van der Waals surface area contributed by atoms with Crippen molar-refractivity contribution in [1.82, 2.24) is 4.72 Å². The number of aryl methyl sites for hydroxylation is 1. The van der Waals surface area contributed by atoms with E-state index in [0.29, 0.717) is 0 Å². The van der Waals surface area contributed by atoms with Crippen LogP contribution in [0.3, 0.4) is 0 Å². The van der Waals surface area contributed by atoms with Crippen molar-refractivity contribution in [2.45, 2.75) is 24.8 Å². The van der Waals surface area contributed by atoms with Gasteiger partial charge in [0.1, 0.15) is 10.7 Å². The van der Waals surface area contributed by atoms with E-state index in [-0.39, 0.29) is 5.69 Å². The Hall–Kier alpha value is -1.92. The third-order valence-electron chi connectivity index (χ3n) is 3.23. The summed E-state index contributed by atoms with van der Waals surface area (Å²) in [4.78, 5) is -0.442. The molecular weight excluding hydrogens is 291 g/mol. The van der Waals surface area contributed by atoms with E-state index in [1.54, 1.807) is 6.92 Å². The van der Waals surface area contributed by atoms with Crippen LogP contribution in [0.2, 0.25) is 0 Å². The summed E-state index contributed by atoms with van der Waals surface area (Å²) in [7, 11) is -3.98. The van der Waals surface area contributed by atoms with Gasteiger partial charge in [0.25, 0.3) is 0 Å². The number of nitrogens with one attached hydrogen (secondary N) is 1. The van der Waals surface area contributed by atoms with E-state index in [0.717, 1.165) is 23.3 Å². The molecule has 0 aromatic heterocycles. The molecule has 0 aliphatic carbocycles. The van der Waals surface area contributed by atoms with Crippen molar-refractivity contribution in [3.63, 3.8) is 0 Å². The van der Waals surface area contributed by atoms with Crippen molar-refractivity contribution < 1.29 is 12.8 Å². The molecular formula is C15H17FN2O2S. The molecule has 112 valence electrons. The molecule has 0 spiro atoms. The first-order valence-corrected chi connectivity index (χ1v) is 7.92. The number of hydrogen-bond acceptors (Lipinski definition) is 3. The zero-order chi connectivity index (χ0) is 15.6. The van der Waals surface area contributed by atoms with Crippen LogP contribution in [0.4, 0.5) is 10.1 Å². The third kappa shape index (κ3) is 3.40. The van der Waals surface area contributed by atoms with Crippen molar-refractivity contribution in [1.29, 1.82) is 0 Å². The summed E-state index contributed by atoms with van der Waals surface area (Å²) in [5.74, 6) is -0.825. The van der Waals surface area contributed by atoms with Crippen molar-refractivity contribution >= 4 is 15.7 Å². The van der Waals surface area contributed by atoms with Gasteiger partial charge in [-0.3, -0.25) is 0 Å². The molecule has 4 nitrogen and oxygen atoms in total. The highest BCUT2D eigenvalue weighted by atomic mass is 32.2. The van der Waals surface area contributed by atoms with Gasteiger partial charge in [-0.15, -0.1) is 0 Å². The molecule has 0 heterocycles. The average Bonchev–Trinajstić information content (AvgIpc) is 2.41. The maximum atomic E-state index is 13.7. The lowest BCUT2D eigenvalue weighted by atomic mass is 10.0. The minimum absolute atomic E-state index is 0.195. The fraction of sp³-hybridized carbons (Fsp3) is 0.200. The zero-order valence-electron chi connectivity index (χ0n) is 11.8. The van der Waals surface area contributed by atoms with Crippen LogP contribution >= 0.6 is 0 Å². The Bertz CT molecular complexity index is 760. The van der Waals surface area contributed by atoms with Crippen molar-refractivity contribution in [3.8, 4) is 0 Å². The fourth-order valence-corrected chi connectivity index (χ4v) is 3.49. The summed E-state index contributed by atoms with van der Waals surface area (Å²) in [6.07, 6.45) is 0. The first kappa shape index (κ1) is 15.5. The molecule has 0 saturated carbocycles. The highest BCUT2D eigenvalue weighted by Gasteiger charge is 2.22. The molecule has 0 aliphatic rings. The predicted octanol–water partition coefficient (Wildman–Crippen LogP) is 2.76. The summed E-state index contributed by atoms with van der Waals surface area (Å²) in [6.45, 7) is 3.60. The lowest BCUT2D eigenvalue weighted by molar-refractivity contribution is 0.547. The minimum Gasteiger partial charge on any atom is -0.399 e. The van der Waals surface area contributed by atoms with Gasteiger partial charge in [-0.25, -0.2) is 17.5 Å². The van der Waals surface area contributed by atoms with Gasteiger partial charge in [-0.05, 0) is 43.2 Å². The Kier molecular flexibility index (Phi) is 4.29. The molecule has 0 saturated heterocycles. The molecule has 2 aromatic carbocycles. The van der Waals surface area contributed by atoms with E-state index in [4.69, 9.17) is 5.73 Å². The van der Waals surface area contributed by atoms with Gasteiger partial charge in [0.2, 0.25) is 10.0 Å². The standard InChI is InChI=1S/C15H17FN2O2S/c1-10-5-3-4-6-13(10)11(2)18-21(19,20)15-9-12(17)7-8-14(15)16/h3-9,11,18H,17H2,1-2H3. The second-order valence-electron chi connectivity index (χ2n) is 4.89. The van der Waals surface area contributed by atoms with E-state index in [1.165, 1.54) is 6.07 Å². The molecule has 0 radical (unpaired) electrons. The van der Waals surface area contributed by atoms with Gasteiger partial charge in [-0.2, -0.15) is 0 Å². The van der Waals surface area contributed by atoms with Crippen molar-refractivity contribution in [3.05, 3.63) is 59.4 Å². The highest BCUT2D eigenvalue weighted by molar-refractivity contribution is 7.89. The number of anilines is 1. The summed E-state index contributed by atoms with van der Waals surface area (Å²) in [5, 5.41) is 0. The Morgan fingerprint density at radius 3 is 2.52 bits per heavy atom. The normalized spacial score (nSPS) is 13.1. The Morgan fingerprint density at radius 2 is 1.86 bits per heavy atom. The monoisotopic (exact) mass is 308 g/mol. The first-order chi connectivity index (χ1) is 9.81. The molecule has 1 unspecified atom stereocenters.